The van der Waals surface area contributed by atoms with E-state index in [9.17, 15) is 14.0 Å². The van der Waals surface area contributed by atoms with Gasteiger partial charge in [-0.2, -0.15) is 5.10 Å². The average Bonchev–Trinajstić information content (AvgIpc) is 3.37. The highest BCUT2D eigenvalue weighted by atomic mass is 35.5. The number of carbonyl (C=O) groups excluding carboxylic acids is 2. The summed E-state index contributed by atoms with van der Waals surface area (Å²) in [4.78, 5) is 29.0. The normalized spacial score (nSPS) is 12.0. The van der Waals surface area contributed by atoms with E-state index in [1.807, 2.05) is 0 Å². The first-order valence-electron chi connectivity index (χ1n) is 8.86. The van der Waals surface area contributed by atoms with Crippen molar-refractivity contribution in [2.45, 2.75) is 13.0 Å². The van der Waals surface area contributed by atoms with Crippen LogP contribution in [0.3, 0.4) is 0 Å². The summed E-state index contributed by atoms with van der Waals surface area (Å²) < 4.78 is 15.5. The standard InChI is InChI=1S/C20H15ClFN5O2S/c1-11(27-10-23-9-24-27)19(28)25-13-3-5-14(6-4-13)26-20(29)18-17(21)15-7-2-12(22)8-16(15)30-18/h2-11H,1H3,(H,25,28)(H,26,29). The molecule has 7 nitrogen and oxygen atoms in total. The molecule has 30 heavy (non-hydrogen) atoms. The number of rotatable bonds is 5. The Labute approximate surface area is 179 Å². The van der Waals surface area contributed by atoms with Gasteiger partial charge in [0.15, 0.2) is 0 Å². The summed E-state index contributed by atoms with van der Waals surface area (Å²) in [7, 11) is 0. The van der Waals surface area contributed by atoms with Gasteiger partial charge in [-0.3, -0.25) is 9.59 Å². The fourth-order valence-corrected chi connectivity index (χ4v) is 4.23. The van der Waals surface area contributed by atoms with Gasteiger partial charge >= 0.3 is 0 Å². The molecule has 2 amide bonds. The quantitative estimate of drug-likeness (QED) is 0.466. The summed E-state index contributed by atoms with van der Waals surface area (Å²) >= 11 is 7.42. The zero-order chi connectivity index (χ0) is 21.3. The van der Waals surface area contributed by atoms with Crippen LogP contribution in [0.1, 0.15) is 22.6 Å². The molecule has 0 radical (unpaired) electrons. The van der Waals surface area contributed by atoms with Crippen LogP contribution in [0.5, 0.6) is 0 Å². The third kappa shape index (κ3) is 4.03. The third-order valence-corrected chi connectivity index (χ3v) is 6.08. The number of fused-ring (bicyclic) bond motifs is 1. The highest BCUT2D eigenvalue weighted by Crippen LogP contribution is 2.36. The van der Waals surface area contributed by atoms with E-state index in [1.165, 1.54) is 29.5 Å². The molecular formula is C20H15ClFN5O2S. The van der Waals surface area contributed by atoms with Crippen molar-refractivity contribution in [1.82, 2.24) is 14.8 Å². The molecule has 0 aliphatic heterocycles. The molecule has 2 aromatic carbocycles. The largest absolute Gasteiger partial charge is 0.324 e. The van der Waals surface area contributed by atoms with E-state index in [0.717, 1.165) is 11.3 Å². The predicted octanol–water partition coefficient (Wildman–Crippen LogP) is 4.74. The monoisotopic (exact) mass is 443 g/mol. The molecule has 0 aliphatic carbocycles. The zero-order valence-electron chi connectivity index (χ0n) is 15.6. The summed E-state index contributed by atoms with van der Waals surface area (Å²) in [6, 6.07) is 10.3. The zero-order valence-corrected chi connectivity index (χ0v) is 17.2. The van der Waals surface area contributed by atoms with Crippen LogP contribution in [-0.2, 0) is 4.79 Å². The lowest BCUT2D eigenvalue weighted by Crippen LogP contribution is -2.24. The second kappa shape index (κ2) is 8.21. The van der Waals surface area contributed by atoms with E-state index in [-0.39, 0.29) is 11.7 Å². The van der Waals surface area contributed by atoms with Gasteiger partial charge < -0.3 is 10.6 Å². The van der Waals surface area contributed by atoms with Gasteiger partial charge in [0.25, 0.3) is 5.91 Å². The fraction of sp³-hybridized carbons (Fsp3) is 0.100. The molecule has 4 aromatic rings. The van der Waals surface area contributed by atoms with Crippen molar-refractivity contribution in [3.63, 3.8) is 0 Å². The first kappa shape index (κ1) is 20.0. The minimum Gasteiger partial charge on any atom is -0.324 e. The van der Waals surface area contributed by atoms with Gasteiger partial charge in [-0.25, -0.2) is 14.1 Å². The van der Waals surface area contributed by atoms with E-state index in [2.05, 4.69) is 20.7 Å². The maximum atomic E-state index is 13.4. The van der Waals surface area contributed by atoms with Gasteiger partial charge in [0.2, 0.25) is 5.91 Å². The average molecular weight is 444 g/mol. The van der Waals surface area contributed by atoms with Crippen LogP contribution in [0.25, 0.3) is 10.1 Å². The summed E-state index contributed by atoms with van der Waals surface area (Å²) in [6.07, 6.45) is 2.83. The molecule has 2 aromatic heterocycles. The molecule has 0 bridgehead atoms. The van der Waals surface area contributed by atoms with Gasteiger partial charge in [0.1, 0.15) is 29.4 Å². The van der Waals surface area contributed by atoms with Crippen molar-refractivity contribution >= 4 is 56.2 Å². The molecule has 0 fully saturated rings. The Morgan fingerprint density at radius 3 is 2.50 bits per heavy atom. The maximum Gasteiger partial charge on any atom is 0.267 e. The van der Waals surface area contributed by atoms with Crippen LogP contribution in [0, 0.1) is 5.82 Å². The molecule has 1 unspecified atom stereocenters. The van der Waals surface area contributed by atoms with E-state index >= 15 is 0 Å². The van der Waals surface area contributed by atoms with Gasteiger partial charge in [-0.15, -0.1) is 11.3 Å². The molecule has 10 heteroatoms. The molecule has 0 saturated carbocycles. The Balaban J connectivity index is 1.44. The molecule has 0 spiro atoms. The third-order valence-electron chi connectivity index (χ3n) is 4.42. The van der Waals surface area contributed by atoms with Crippen molar-refractivity contribution in [1.29, 1.82) is 0 Å². The van der Waals surface area contributed by atoms with Crippen LogP contribution in [0.4, 0.5) is 15.8 Å². The van der Waals surface area contributed by atoms with Crippen LogP contribution < -0.4 is 10.6 Å². The van der Waals surface area contributed by atoms with Gasteiger partial charge in [-0.05, 0) is 49.4 Å². The van der Waals surface area contributed by atoms with Crippen molar-refractivity contribution in [3.05, 3.63) is 70.8 Å². The Morgan fingerprint density at radius 1 is 1.13 bits per heavy atom. The molecule has 4 rings (SSSR count). The minimum atomic E-state index is -0.521. The molecule has 2 heterocycles. The Morgan fingerprint density at radius 2 is 1.83 bits per heavy atom. The fourth-order valence-electron chi connectivity index (χ4n) is 2.79. The lowest BCUT2D eigenvalue weighted by atomic mass is 10.2. The van der Waals surface area contributed by atoms with Crippen LogP contribution in [0.2, 0.25) is 5.02 Å². The topological polar surface area (TPSA) is 88.9 Å². The summed E-state index contributed by atoms with van der Waals surface area (Å²) in [5, 5.41) is 10.4. The lowest BCUT2D eigenvalue weighted by Gasteiger charge is -2.12. The first-order valence-corrected chi connectivity index (χ1v) is 10.1. The maximum absolute atomic E-state index is 13.4. The molecule has 2 N–H and O–H groups in total. The Kier molecular flexibility index (Phi) is 5.47. The summed E-state index contributed by atoms with van der Waals surface area (Å²) in [5.74, 6) is -1.03. The van der Waals surface area contributed by atoms with E-state index in [4.69, 9.17) is 11.6 Å². The number of benzene rings is 2. The molecule has 0 aliphatic rings. The Hall–Kier alpha value is -3.30. The van der Waals surface area contributed by atoms with E-state index in [0.29, 0.717) is 31.4 Å². The SMILES string of the molecule is CC(C(=O)Nc1ccc(NC(=O)c2sc3cc(F)ccc3c2Cl)cc1)n1cncn1. The number of aromatic nitrogens is 3. The Bertz CT molecular complexity index is 1220. The van der Waals surface area contributed by atoms with Crippen molar-refractivity contribution < 1.29 is 14.0 Å². The number of anilines is 2. The second-order valence-electron chi connectivity index (χ2n) is 6.46. The highest BCUT2D eigenvalue weighted by Gasteiger charge is 2.18. The minimum absolute atomic E-state index is 0.249. The summed E-state index contributed by atoms with van der Waals surface area (Å²) in [6.45, 7) is 1.71. The number of nitrogens with one attached hydrogen (secondary N) is 2. The molecule has 1 atom stereocenters. The highest BCUT2D eigenvalue weighted by molar-refractivity contribution is 7.21. The van der Waals surface area contributed by atoms with E-state index in [1.54, 1.807) is 37.3 Å². The van der Waals surface area contributed by atoms with Crippen LogP contribution in [0.15, 0.2) is 55.1 Å². The van der Waals surface area contributed by atoms with Crippen molar-refractivity contribution in [2.24, 2.45) is 0 Å². The van der Waals surface area contributed by atoms with Crippen LogP contribution >= 0.6 is 22.9 Å². The van der Waals surface area contributed by atoms with E-state index < -0.39 is 11.9 Å². The van der Waals surface area contributed by atoms with Crippen LogP contribution in [-0.4, -0.2) is 26.6 Å². The number of halogens is 2. The molecule has 152 valence electrons. The van der Waals surface area contributed by atoms with Gasteiger partial charge in [0, 0.05) is 21.5 Å². The first-order chi connectivity index (χ1) is 14.4. The molecule has 0 saturated heterocycles. The van der Waals surface area contributed by atoms with Gasteiger partial charge in [0.05, 0.1) is 5.02 Å². The predicted molar refractivity (Wildman–Crippen MR) is 115 cm³/mol. The summed E-state index contributed by atoms with van der Waals surface area (Å²) in [5.41, 5.74) is 1.10. The lowest BCUT2D eigenvalue weighted by molar-refractivity contribution is -0.119. The number of hydrogen-bond acceptors (Lipinski definition) is 5. The number of carbonyl (C=O) groups is 2. The number of hydrogen-bond donors (Lipinski definition) is 2. The van der Waals surface area contributed by atoms with Crippen molar-refractivity contribution in [3.8, 4) is 0 Å². The smallest absolute Gasteiger partial charge is 0.267 e. The van der Waals surface area contributed by atoms with Crippen molar-refractivity contribution in [2.75, 3.05) is 10.6 Å². The number of thiophene rings is 1. The number of amides is 2. The van der Waals surface area contributed by atoms with Gasteiger partial charge in [-0.1, -0.05) is 11.6 Å². The molecular weight excluding hydrogens is 429 g/mol. The second-order valence-corrected chi connectivity index (χ2v) is 7.89. The number of nitrogens with zero attached hydrogens (tertiary/aromatic N) is 3.